The summed E-state index contributed by atoms with van der Waals surface area (Å²) in [6.07, 6.45) is 0. The third-order valence-electron chi connectivity index (χ3n) is 3.53. The van der Waals surface area contributed by atoms with Gasteiger partial charge in [0.1, 0.15) is 0 Å². The van der Waals surface area contributed by atoms with Gasteiger partial charge < -0.3 is 14.8 Å². The summed E-state index contributed by atoms with van der Waals surface area (Å²) >= 11 is 8.01. The molecule has 1 aliphatic rings. The molecule has 0 amide bonds. The number of nitrogens with one attached hydrogen (secondary N) is 1. The lowest BCUT2D eigenvalue weighted by Gasteiger charge is -2.21. The van der Waals surface area contributed by atoms with E-state index in [0.29, 0.717) is 22.7 Å². The zero-order chi connectivity index (χ0) is 14.8. The van der Waals surface area contributed by atoms with Gasteiger partial charge in [-0.25, -0.2) is 0 Å². The molecular weight excluding hydrogens is 306 g/mol. The quantitative estimate of drug-likeness (QED) is 0.871. The molecule has 21 heavy (non-hydrogen) atoms. The van der Waals surface area contributed by atoms with E-state index in [0.717, 1.165) is 17.9 Å². The first-order valence-corrected chi connectivity index (χ1v) is 8.25. The molecule has 0 fully saturated rings. The number of ether oxygens (including phenoxy) is 2. The van der Waals surface area contributed by atoms with Crippen LogP contribution in [-0.4, -0.2) is 6.79 Å². The third-order valence-corrected chi connectivity index (χ3v) is 4.77. The Morgan fingerprint density at radius 1 is 1.33 bits per heavy atom. The first-order valence-electron chi connectivity index (χ1n) is 7.00. The Kier molecular flexibility index (Phi) is 4.38. The molecule has 1 aliphatic heterocycles. The van der Waals surface area contributed by atoms with Crippen molar-refractivity contribution in [3.63, 3.8) is 0 Å². The highest BCUT2D eigenvalue weighted by Gasteiger charge is 2.20. The van der Waals surface area contributed by atoms with E-state index in [9.17, 15) is 0 Å². The number of halogens is 1. The molecule has 1 atom stereocenters. The second-order valence-electron chi connectivity index (χ2n) is 5.43. The van der Waals surface area contributed by atoms with Crippen LogP contribution in [0, 0.1) is 5.92 Å². The van der Waals surface area contributed by atoms with Gasteiger partial charge in [0.25, 0.3) is 0 Å². The monoisotopic (exact) mass is 323 g/mol. The van der Waals surface area contributed by atoms with Gasteiger partial charge in [0.15, 0.2) is 11.5 Å². The molecule has 1 aromatic carbocycles. The highest BCUT2D eigenvalue weighted by atomic mass is 35.5. The summed E-state index contributed by atoms with van der Waals surface area (Å²) in [6, 6.07) is 8.54. The standard InChI is InChI=1S/C16H18ClNO2S/c1-10(2)15(14-4-3-5-21-14)18-8-11-6-12(17)16-13(7-11)19-9-20-16/h3-7,10,15,18H,8-9H2,1-2H3. The number of hydrogen-bond acceptors (Lipinski definition) is 4. The Morgan fingerprint density at radius 2 is 2.19 bits per heavy atom. The third kappa shape index (κ3) is 3.18. The van der Waals surface area contributed by atoms with Crippen molar-refractivity contribution in [2.24, 2.45) is 5.92 Å². The molecule has 2 heterocycles. The molecule has 0 aliphatic carbocycles. The number of benzene rings is 1. The number of thiophene rings is 1. The molecule has 1 aromatic heterocycles. The van der Waals surface area contributed by atoms with Crippen LogP contribution in [0.2, 0.25) is 5.02 Å². The summed E-state index contributed by atoms with van der Waals surface area (Å²) in [4.78, 5) is 1.36. The van der Waals surface area contributed by atoms with Crippen LogP contribution in [-0.2, 0) is 6.54 Å². The van der Waals surface area contributed by atoms with E-state index in [4.69, 9.17) is 21.1 Å². The number of rotatable bonds is 5. The number of hydrogen-bond donors (Lipinski definition) is 1. The first-order chi connectivity index (χ1) is 10.1. The van der Waals surface area contributed by atoms with E-state index in [1.165, 1.54) is 4.88 Å². The lowest BCUT2D eigenvalue weighted by molar-refractivity contribution is 0.174. The molecule has 0 spiro atoms. The van der Waals surface area contributed by atoms with Crippen molar-refractivity contribution in [2.45, 2.75) is 26.4 Å². The molecular formula is C16H18ClNO2S. The minimum atomic E-state index is 0.246. The molecule has 0 saturated heterocycles. The van der Waals surface area contributed by atoms with Crippen molar-refractivity contribution in [3.8, 4) is 11.5 Å². The molecule has 3 nitrogen and oxygen atoms in total. The van der Waals surface area contributed by atoms with E-state index in [1.807, 2.05) is 12.1 Å². The van der Waals surface area contributed by atoms with E-state index < -0.39 is 0 Å². The maximum absolute atomic E-state index is 6.22. The lowest BCUT2D eigenvalue weighted by atomic mass is 10.0. The highest BCUT2D eigenvalue weighted by Crippen LogP contribution is 2.40. The van der Waals surface area contributed by atoms with Gasteiger partial charge in [0.2, 0.25) is 6.79 Å². The molecule has 5 heteroatoms. The van der Waals surface area contributed by atoms with Gasteiger partial charge in [-0.2, -0.15) is 0 Å². The van der Waals surface area contributed by atoms with E-state index in [-0.39, 0.29) is 6.79 Å². The predicted octanol–water partition coefficient (Wildman–Crippen LogP) is 4.62. The molecule has 0 saturated carbocycles. The van der Waals surface area contributed by atoms with Crippen molar-refractivity contribution in [3.05, 3.63) is 45.1 Å². The zero-order valence-electron chi connectivity index (χ0n) is 12.1. The molecule has 1 N–H and O–H groups in total. The van der Waals surface area contributed by atoms with Gasteiger partial charge in [-0.15, -0.1) is 11.3 Å². The lowest BCUT2D eigenvalue weighted by Crippen LogP contribution is -2.24. The summed E-state index contributed by atoms with van der Waals surface area (Å²) in [5.74, 6) is 1.91. The fourth-order valence-electron chi connectivity index (χ4n) is 2.48. The van der Waals surface area contributed by atoms with Gasteiger partial charge in [0.05, 0.1) is 5.02 Å². The maximum Gasteiger partial charge on any atom is 0.231 e. The molecule has 0 radical (unpaired) electrons. The predicted molar refractivity (Wildman–Crippen MR) is 86.3 cm³/mol. The molecule has 3 rings (SSSR count). The van der Waals surface area contributed by atoms with Crippen molar-refractivity contribution in [1.82, 2.24) is 5.32 Å². The topological polar surface area (TPSA) is 30.5 Å². The summed E-state index contributed by atoms with van der Waals surface area (Å²) in [5, 5.41) is 6.34. The Morgan fingerprint density at radius 3 is 2.90 bits per heavy atom. The smallest absolute Gasteiger partial charge is 0.231 e. The van der Waals surface area contributed by atoms with Crippen LogP contribution in [0.3, 0.4) is 0 Å². The van der Waals surface area contributed by atoms with Gasteiger partial charge in [-0.3, -0.25) is 0 Å². The van der Waals surface area contributed by atoms with E-state index in [1.54, 1.807) is 11.3 Å². The summed E-state index contributed by atoms with van der Waals surface area (Å²) < 4.78 is 10.7. The van der Waals surface area contributed by atoms with Crippen LogP contribution in [0.5, 0.6) is 11.5 Å². The minimum absolute atomic E-state index is 0.246. The Labute approximate surface area is 133 Å². The van der Waals surface area contributed by atoms with Crippen LogP contribution in [0.1, 0.15) is 30.3 Å². The molecule has 112 valence electrons. The van der Waals surface area contributed by atoms with Gasteiger partial charge in [-0.05, 0) is 35.1 Å². The average Bonchev–Trinajstić information content (AvgIpc) is 3.09. The minimum Gasteiger partial charge on any atom is -0.454 e. The number of fused-ring (bicyclic) bond motifs is 1. The summed E-state index contributed by atoms with van der Waals surface area (Å²) in [6.45, 7) is 5.45. The molecule has 1 unspecified atom stereocenters. The fourth-order valence-corrected chi connectivity index (χ4v) is 3.75. The maximum atomic E-state index is 6.22. The molecule has 0 bridgehead atoms. The van der Waals surface area contributed by atoms with Crippen molar-refractivity contribution >= 4 is 22.9 Å². The van der Waals surface area contributed by atoms with E-state index in [2.05, 4.69) is 36.7 Å². The van der Waals surface area contributed by atoms with Gasteiger partial charge in [0, 0.05) is 17.5 Å². The Bertz CT molecular complexity index is 613. The fraction of sp³-hybridized carbons (Fsp3) is 0.375. The van der Waals surface area contributed by atoms with E-state index >= 15 is 0 Å². The summed E-state index contributed by atoms with van der Waals surface area (Å²) in [5.41, 5.74) is 1.10. The van der Waals surface area contributed by atoms with Gasteiger partial charge >= 0.3 is 0 Å². The van der Waals surface area contributed by atoms with Crippen LogP contribution in [0.15, 0.2) is 29.6 Å². The van der Waals surface area contributed by atoms with Crippen molar-refractivity contribution in [2.75, 3.05) is 6.79 Å². The van der Waals surface area contributed by atoms with Crippen LogP contribution < -0.4 is 14.8 Å². The van der Waals surface area contributed by atoms with Gasteiger partial charge in [-0.1, -0.05) is 31.5 Å². The van der Waals surface area contributed by atoms with Crippen molar-refractivity contribution in [1.29, 1.82) is 0 Å². The highest BCUT2D eigenvalue weighted by molar-refractivity contribution is 7.10. The molecule has 2 aromatic rings. The normalized spacial score (nSPS) is 14.7. The van der Waals surface area contributed by atoms with Crippen molar-refractivity contribution < 1.29 is 9.47 Å². The summed E-state index contributed by atoms with van der Waals surface area (Å²) in [7, 11) is 0. The second-order valence-corrected chi connectivity index (χ2v) is 6.82. The van der Waals surface area contributed by atoms with Crippen LogP contribution in [0.4, 0.5) is 0 Å². The van der Waals surface area contributed by atoms with Crippen LogP contribution in [0.25, 0.3) is 0 Å². The Hall–Kier alpha value is -1.23. The Balaban J connectivity index is 1.73. The van der Waals surface area contributed by atoms with Crippen LogP contribution >= 0.6 is 22.9 Å². The zero-order valence-corrected chi connectivity index (χ0v) is 13.6. The average molecular weight is 324 g/mol. The first kappa shape index (κ1) is 14.7. The second kappa shape index (κ2) is 6.26. The largest absolute Gasteiger partial charge is 0.454 e. The SMILES string of the molecule is CC(C)C(NCc1cc(Cl)c2c(c1)OCO2)c1cccs1.